The first-order valence-corrected chi connectivity index (χ1v) is 4.75. The first kappa shape index (κ1) is 11.1. The number of nitro groups is 1. The van der Waals surface area contributed by atoms with E-state index in [0.717, 1.165) is 18.2 Å². The van der Waals surface area contributed by atoms with Crippen LogP contribution in [-0.2, 0) is 0 Å². The summed E-state index contributed by atoms with van der Waals surface area (Å²) in [7, 11) is 0. The lowest BCUT2D eigenvalue weighted by molar-refractivity contribution is -0.384. The van der Waals surface area contributed by atoms with E-state index in [9.17, 15) is 14.5 Å². The number of hydrogen-bond acceptors (Lipinski definition) is 4. The largest absolute Gasteiger partial charge is 0.382 e. The summed E-state index contributed by atoms with van der Waals surface area (Å²) in [5.41, 5.74) is 6.01. The lowest BCUT2D eigenvalue weighted by atomic mass is 10.2. The molecule has 7 heteroatoms. The van der Waals surface area contributed by atoms with E-state index in [4.69, 9.17) is 5.73 Å². The highest BCUT2D eigenvalue weighted by Crippen LogP contribution is 2.21. The summed E-state index contributed by atoms with van der Waals surface area (Å²) < 4.78 is 14.7. The van der Waals surface area contributed by atoms with Gasteiger partial charge in [0.25, 0.3) is 5.69 Å². The average molecular weight is 236 g/mol. The quantitative estimate of drug-likeness (QED) is 0.636. The Hall–Kier alpha value is -2.44. The fraction of sp³-hybridized carbons (Fsp3) is 0.100. The Morgan fingerprint density at radius 2 is 2.24 bits per heavy atom. The molecule has 2 N–H and O–H groups in total. The second kappa shape index (κ2) is 3.85. The first-order chi connectivity index (χ1) is 7.99. The Morgan fingerprint density at radius 3 is 2.76 bits per heavy atom. The maximum Gasteiger partial charge on any atom is 0.271 e. The summed E-state index contributed by atoms with van der Waals surface area (Å²) in [5, 5.41) is 14.5. The van der Waals surface area contributed by atoms with Crippen molar-refractivity contribution in [2.75, 3.05) is 5.73 Å². The Morgan fingerprint density at radius 1 is 1.53 bits per heavy atom. The Kier molecular flexibility index (Phi) is 2.51. The Labute approximate surface area is 95.6 Å². The summed E-state index contributed by atoms with van der Waals surface area (Å²) in [4.78, 5) is 10.0. The van der Waals surface area contributed by atoms with E-state index < -0.39 is 10.7 Å². The van der Waals surface area contributed by atoms with Crippen molar-refractivity contribution in [1.29, 1.82) is 0 Å². The number of aromatic nitrogens is 2. The molecule has 0 bridgehead atoms. The molecule has 0 aliphatic carbocycles. The third kappa shape index (κ3) is 1.94. The summed E-state index contributed by atoms with van der Waals surface area (Å²) in [6, 6.07) is 3.24. The number of nitrogens with two attached hydrogens (primary N) is 1. The number of benzene rings is 1. The molecule has 88 valence electrons. The van der Waals surface area contributed by atoms with Gasteiger partial charge in [-0.15, -0.1) is 0 Å². The van der Waals surface area contributed by atoms with Gasteiger partial charge in [-0.3, -0.25) is 10.1 Å². The van der Waals surface area contributed by atoms with Crippen molar-refractivity contribution < 1.29 is 9.31 Å². The molecular weight excluding hydrogens is 227 g/mol. The van der Waals surface area contributed by atoms with E-state index in [0.29, 0.717) is 5.56 Å². The summed E-state index contributed by atoms with van der Waals surface area (Å²) in [6.07, 6.45) is 1.51. The number of hydrogen-bond donors (Lipinski definition) is 1. The van der Waals surface area contributed by atoms with E-state index >= 15 is 0 Å². The van der Waals surface area contributed by atoms with Crippen LogP contribution >= 0.6 is 0 Å². The molecule has 1 aromatic carbocycles. The van der Waals surface area contributed by atoms with Gasteiger partial charge in [-0.25, -0.2) is 9.07 Å². The SMILES string of the molecule is Cc1cn(-c2cc([N+](=O)[O-])ccc2F)nc1N. The van der Waals surface area contributed by atoms with E-state index in [1.165, 1.54) is 10.9 Å². The number of halogens is 1. The van der Waals surface area contributed by atoms with Gasteiger partial charge in [-0.1, -0.05) is 0 Å². The van der Waals surface area contributed by atoms with Crippen LogP contribution in [0.5, 0.6) is 0 Å². The van der Waals surface area contributed by atoms with Gasteiger partial charge in [0.1, 0.15) is 17.3 Å². The first-order valence-electron chi connectivity index (χ1n) is 4.75. The van der Waals surface area contributed by atoms with Gasteiger partial charge in [0.15, 0.2) is 0 Å². The van der Waals surface area contributed by atoms with Gasteiger partial charge in [-0.05, 0) is 13.0 Å². The molecule has 0 saturated heterocycles. The fourth-order valence-corrected chi connectivity index (χ4v) is 1.39. The molecule has 0 aliphatic heterocycles. The molecule has 1 aromatic heterocycles. The standard InChI is InChI=1S/C10H9FN4O2/c1-6-5-14(13-10(6)12)9-4-7(15(16)17)2-3-8(9)11/h2-5H,1H3,(H2,12,13). The molecule has 0 radical (unpaired) electrons. The minimum Gasteiger partial charge on any atom is -0.382 e. The van der Waals surface area contributed by atoms with Crippen molar-refractivity contribution in [3.8, 4) is 5.69 Å². The van der Waals surface area contributed by atoms with Crippen molar-refractivity contribution in [2.45, 2.75) is 6.92 Å². The predicted molar refractivity (Wildman–Crippen MR) is 59.3 cm³/mol. The van der Waals surface area contributed by atoms with Crippen LogP contribution in [0.4, 0.5) is 15.9 Å². The third-order valence-electron chi connectivity index (χ3n) is 2.32. The number of nitrogens with zero attached hydrogens (tertiary/aromatic N) is 3. The number of aryl methyl sites for hydroxylation is 1. The molecule has 0 unspecified atom stereocenters. The molecule has 2 aromatic rings. The lowest BCUT2D eigenvalue weighted by Gasteiger charge is -2.02. The van der Waals surface area contributed by atoms with E-state index in [2.05, 4.69) is 5.10 Å². The Balaban J connectivity index is 2.57. The van der Waals surface area contributed by atoms with Crippen LogP contribution in [0.2, 0.25) is 0 Å². The van der Waals surface area contributed by atoms with Crippen LogP contribution in [0.3, 0.4) is 0 Å². The lowest BCUT2D eigenvalue weighted by Crippen LogP contribution is -2.00. The molecule has 0 atom stereocenters. The number of rotatable bonds is 2. The van der Waals surface area contributed by atoms with Gasteiger partial charge in [0.05, 0.1) is 4.92 Å². The zero-order valence-electron chi connectivity index (χ0n) is 8.92. The highest BCUT2D eigenvalue weighted by molar-refractivity contribution is 5.46. The monoisotopic (exact) mass is 236 g/mol. The van der Waals surface area contributed by atoms with E-state index in [1.54, 1.807) is 6.92 Å². The van der Waals surface area contributed by atoms with Crippen LogP contribution < -0.4 is 5.73 Å². The molecule has 1 heterocycles. The second-order valence-electron chi connectivity index (χ2n) is 3.53. The molecule has 0 aliphatic rings. The Bertz CT molecular complexity index is 574. The van der Waals surface area contributed by atoms with Crippen molar-refractivity contribution in [2.24, 2.45) is 0 Å². The predicted octanol–water partition coefficient (Wildman–Crippen LogP) is 1.81. The summed E-state index contributed by atoms with van der Waals surface area (Å²) in [5.74, 6) is -0.339. The van der Waals surface area contributed by atoms with Gasteiger partial charge in [-0.2, -0.15) is 5.10 Å². The molecular formula is C10H9FN4O2. The summed E-state index contributed by atoms with van der Waals surface area (Å²) >= 11 is 0. The van der Waals surface area contributed by atoms with E-state index in [1.807, 2.05) is 0 Å². The molecule has 6 nitrogen and oxygen atoms in total. The minimum atomic E-state index is -0.599. The van der Waals surface area contributed by atoms with Gasteiger partial charge >= 0.3 is 0 Å². The molecule has 0 fully saturated rings. The maximum absolute atomic E-state index is 13.5. The smallest absolute Gasteiger partial charge is 0.271 e. The normalized spacial score (nSPS) is 10.5. The second-order valence-corrected chi connectivity index (χ2v) is 3.53. The number of nitro benzene ring substituents is 1. The van der Waals surface area contributed by atoms with E-state index in [-0.39, 0.29) is 17.2 Å². The third-order valence-corrected chi connectivity index (χ3v) is 2.32. The molecule has 2 rings (SSSR count). The fourth-order valence-electron chi connectivity index (χ4n) is 1.39. The minimum absolute atomic E-state index is 0.000926. The van der Waals surface area contributed by atoms with Crippen LogP contribution in [-0.4, -0.2) is 14.7 Å². The topological polar surface area (TPSA) is 87.0 Å². The zero-order valence-corrected chi connectivity index (χ0v) is 8.92. The summed E-state index contributed by atoms with van der Waals surface area (Å²) in [6.45, 7) is 1.72. The van der Waals surface area contributed by atoms with Crippen LogP contribution in [0.1, 0.15) is 5.56 Å². The van der Waals surface area contributed by atoms with Crippen LogP contribution in [0.15, 0.2) is 24.4 Å². The number of nitrogen functional groups attached to an aromatic ring is 1. The van der Waals surface area contributed by atoms with Crippen LogP contribution in [0.25, 0.3) is 5.69 Å². The molecule has 17 heavy (non-hydrogen) atoms. The molecule has 0 saturated carbocycles. The molecule has 0 spiro atoms. The van der Waals surface area contributed by atoms with Crippen molar-refractivity contribution in [3.63, 3.8) is 0 Å². The average Bonchev–Trinajstić information content (AvgIpc) is 2.59. The van der Waals surface area contributed by atoms with Crippen molar-refractivity contribution in [3.05, 3.63) is 45.9 Å². The van der Waals surface area contributed by atoms with Crippen molar-refractivity contribution in [1.82, 2.24) is 9.78 Å². The molecule has 0 amide bonds. The number of anilines is 1. The van der Waals surface area contributed by atoms with Gasteiger partial charge < -0.3 is 5.73 Å². The highest BCUT2D eigenvalue weighted by atomic mass is 19.1. The van der Waals surface area contributed by atoms with Crippen LogP contribution in [0, 0.1) is 22.9 Å². The maximum atomic E-state index is 13.5. The number of non-ortho nitro benzene ring substituents is 1. The highest BCUT2D eigenvalue weighted by Gasteiger charge is 2.13. The van der Waals surface area contributed by atoms with Gasteiger partial charge in [0, 0.05) is 23.9 Å². The van der Waals surface area contributed by atoms with Crippen molar-refractivity contribution >= 4 is 11.5 Å². The van der Waals surface area contributed by atoms with Gasteiger partial charge in [0.2, 0.25) is 0 Å². The zero-order chi connectivity index (χ0) is 12.6.